The number of hydrogen-bond donors (Lipinski definition) is 2. The molecule has 0 atom stereocenters. The van der Waals surface area contributed by atoms with Crippen molar-refractivity contribution in [1.82, 2.24) is 9.78 Å². The second-order valence-electron chi connectivity index (χ2n) is 3.40. The molecule has 0 saturated heterocycles. The molecule has 4 N–H and O–H groups in total. The van der Waals surface area contributed by atoms with Crippen molar-refractivity contribution in [2.24, 2.45) is 5.73 Å². The van der Waals surface area contributed by atoms with Crippen LogP contribution in [0, 0.1) is 11.3 Å². The van der Waals surface area contributed by atoms with E-state index >= 15 is 0 Å². The number of carbonyl (C=O) groups is 1. The fourth-order valence-corrected chi connectivity index (χ4v) is 1.40. The lowest BCUT2D eigenvalue weighted by atomic mass is 10.2. The fraction of sp³-hybridized carbons (Fsp3) is 0. The Morgan fingerprint density at radius 3 is 2.76 bits per heavy atom. The maximum absolute atomic E-state index is 10.9. The molecule has 0 aliphatic heterocycles. The van der Waals surface area contributed by atoms with Crippen molar-refractivity contribution in [2.45, 2.75) is 0 Å². The van der Waals surface area contributed by atoms with Crippen molar-refractivity contribution in [3.63, 3.8) is 0 Å². The Bertz CT molecular complexity index is 623. The van der Waals surface area contributed by atoms with Gasteiger partial charge in [-0.05, 0) is 24.3 Å². The van der Waals surface area contributed by atoms with Crippen LogP contribution in [0.2, 0.25) is 0 Å². The first kappa shape index (κ1) is 10.7. The third-order valence-electron chi connectivity index (χ3n) is 2.25. The highest BCUT2D eigenvalue weighted by atomic mass is 16.1. The molecule has 6 heteroatoms. The molecule has 0 aliphatic rings. The molecule has 0 bridgehead atoms. The molecule has 2 aromatic rings. The number of nitrogens with zero attached hydrogens (tertiary/aromatic N) is 3. The van der Waals surface area contributed by atoms with Crippen LogP contribution in [-0.2, 0) is 0 Å². The molecule has 0 saturated carbocycles. The average Bonchev–Trinajstić information content (AvgIpc) is 2.79. The zero-order valence-electron chi connectivity index (χ0n) is 8.79. The molecule has 1 aromatic carbocycles. The smallest absolute Gasteiger partial charge is 0.269 e. The molecule has 0 spiro atoms. The van der Waals surface area contributed by atoms with E-state index in [-0.39, 0.29) is 5.69 Å². The number of nitrogens with two attached hydrogens (primary N) is 2. The predicted octanol–water partition coefficient (Wildman–Crippen LogP) is 0.425. The second-order valence-corrected chi connectivity index (χ2v) is 3.40. The Morgan fingerprint density at radius 1 is 1.41 bits per heavy atom. The number of primary amides is 1. The van der Waals surface area contributed by atoms with E-state index in [0.29, 0.717) is 16.9 Å². The van der Waals surface area contributed by atoms with Gasteiger partial charge in [0, 0.05) is 6.20 Å². The average molecular weight is 227 g/mol. The van der Waals surface area contributed by atoms with Gasteiger partial charge in [-0.15, -0.1) is 0 Å². The van der Waals surface area contributed by atoms with Gasteiger partial charge in [0.25, 0.3) is 5.91 Å². The fourth-order valence-electron chi connectivity index (χ4n) is 1.40. The van der Waals surface area contributed by atoms with Gasteiger partial charge >= 0.3 is 0 Å². The highest BCUT2D eigenvalue weighted by Crippen LogP contribution is 2.18. The largest absolute Gasteiger partial charge is 0.397 e. The summed E-state index contributed by atoms with van der Waals surface area (Å²) in [5.74, 6) is -0.612. The number of nitrogen functional groups attached to an aromatic ring is 1. The van der Waals surface area contributed by atoms with Crippen molar-refractivity contribution >= 4 is 11.6 Å². The lowest BCUT2D eigenvalue weighted by Gasteiger charge is -2.05. The van der Waals surface area contributed by atoms with E-state index in [9.17, 15) is 4.79 Å². The number of carbonyl (C=O) groups excluding carboxylic acids is 1. The van der Waals surface area contributed by atoms with Crippen LogP contribution in [0.5, 0.6) is 0 Å². The quantitative estimate of drug-likeness (QED) is 0.724. The first-order valence-corrected chi connectivity index (χ1v) is 4.77. The second kappa shape index (κ2) is 3.98. The van der Waals surface area contributed by atoms with E-state index in [1.54, 1.807) is 24.4 Å². The third-order valence-corrected chi connectivity index (χ3v) is 2.25. The van der Waals surface area contributed by atoms with Crippen LogP contribution in [0.3, 0.4) is 0 Å². The van der Waals surface area contributed by atoms with Gasteiger partial charge in [0.15, 0.2) is 0 Å². The lowest BCUT2D eigenvalue weighted by molar-refractivity contribution is 0.0995. The van der Waals surface area contributed by atoms with Crippen molar-refractivity contribution in [3.05, 3.63) is 41.7 Å². The Kier molecular flexibility index (Phi) is 2.51. The molecule has 84 valence electrons. The van der Waals surface area contributed by atoms with Gasteiger partial charge in [0.2, 0.25) is 0 Å². The van der Waals surface area contributed by atoms with Gasteiger partial charge in [0.1, 0.15) is 5.69 Å². The van der Waals surface area contributed by atoms with E-state index in [0.717, 1.165) is 0 Å². The Balaban J connectivity index is 2.52. The van der Waals surface area contributed by atoms with Gasteiger partial charge in [0.05, 0.1) is 23.0 Å². The van der Waals surface area contributed by atoms with E-state index in [4.69, 9.17) is 16.7 Å². The SMILES string of the molecule is N#Cc1ccc(N)c(-n2ccc(C(N)=O)n2)c1. The highest BCUT2D eigenvalue weighted by Gasteiger charge is 2.08. The van der Waals surface area contributed by atoms with E-state index < -0.39 is 5.91 Å². The zero-order chi connectivity index (χ0) is 12.4. The Hall–Kier alpha value is -2.81. The van der Waals surface area contributed by atoms with Crippen molar-refractivity contribution in [3.8, 4) is 11.8 Å². The number of aromatic nitrogens is 2. The lowest BCUT2D eigenvalue weighted by Crippen LogP contribution is -2.12. The number of nitriles is 1. The van der Waals surface area contributed by atoms with Crippen molar-refractivity contribution in [1.29, 1.82) is 5.26 Å². The standard InChI is InChI=1S/C11H9N5O/c12-6-7-1-2-8(13)10(5-7)16-4-3-9(15-16)11(14)17/h1-5H,13H2,(H2,14,17). The summed E-state index contributed by atoms with van der Waals surface area (Å²) in [4.78, 5) is 10.9. The molecule has 1 aromatic heterocycles. The zero-order valence-corrected chi connectivity index (χ0v) is 8.79. The summed E-state index contributed by atoms with van der Waals surface area (Å²) < 4.78 is 1.41. The third kappa shape index (κ3) is 1.94. The first-order chi connectivity index (χ1) is 8.11. The normalized spacial score (nSPS) is 9.82. The van der Waals surface area contributed by atoms with E-state index in [2.05, 4.69) is 5.10 Å². The van der Waals surface area contributed by atoms with Gasteiger partial charge in [-0.2, -0.15) is 10.4 Å². The molecule has 0 unspecified atom stereocenters. The molecule has 6 nitrogen and oxygen atoms in total. The van der Waals surface area contributed by atoms with Crippen LogP contribution in [0.4, 0.5) is 5.69 Å². The number of benzene rings is 1. The van der Waals surface area contributed by atoms with Gasteiger partial charge in [-0.25, -0.2) is 4.68 Å². The summed E-state index contributed by atoms with van der Waals surface area (Å²) in [6.45, 7) is 0. The minimum atomic E-state index is -0.612. The maximum Gasteiger partial charge on any atom is 0.269 e. The minimum absolute atomic E-state index is 0.145. The molecule has 0 fully saturated rings. The minimum Gasteiger partial charge on any atom is -0.397 e. The summed E-state index contributed by atoms with van der Waals surface area (Å²) >= 11 is 0. The van der Waals surface area contributed by atoms with E-state index in [1.807, 2.05) is 6.07 Å². The van der Waals surface area contributed by atoms with Crippen LogP contribution in [-0.4, -0.2) is 15.7 Å². The molecule has 1 heterocycles. The summed E-state index contributed by atoms with van der Waals surface area (Å²) in [6, 6.07) is 8.30. The summed E-state index contributed by atoms with van der Waals surface area (Å²) in [7, 11) is 0. The number of rotatable bonds is 2. The van der Waals surface area contributed by atoms with Crippen LogP contribution in [0.15, 0.2) is 30.5 Å². The highest BCUT2D eigenvalue weighted by molar-refractivity contribution is 5.90. The van der Waals surface area contributed by atoms with Gasteiger partial charge in [-0.3, -0.25) is 4.79 Å². The number of hydrogen-bond acceptors (Lipinski definition) is 4. The first-order valence-electron chi connectivity index (χ1n) is 4.77. The molecule has 2 rings (SSSR count). The van der Waals surface area contributed by atoms with Crippen LogP contribution in [0.25, 0.3) is 5.69 Å². The summed E-state index contributed by atoms with van der Waals surface area (Å²) in [5.41, 5.74) is 12.5. The predicted molar refractivity (Wildman–Crippen MR) is 61.2 cm³/mol. The Morgan fingerprint density at radius 2 is 2.18 bits per heavy atom. The van der Waals surface area contributed by atoms with Crippen LogP contribution >= 0.6 is 0 Å². The Labute approximate surface area is 97.1 Å². The molecule has 0 aliphatic carbocycles. The topological polar surface area (TPSA) is 111 Å². The summed E-state index contributed by atoms with van der Waals surface area (Å²) in [6.07, 6.45) is 1.56. The van der Waals surface area contributed by atoms with Crippen molar-refractivity contribution in [2.75, 3.05) is 5.73 Å². The van der Waals surface area contributed by atoms with Gasteiger partial charge in [-0.1, -0.05) is 0 Å². The number of anilines is 1. The molecule has 0 radical (unpaired) electrons. The van der Waals surface area contributed by atoms with E-state index in [1.165, 1.54) is 10.7 Å². The molecular formula is C11H9N5O. The molecular weight excluding hydrogens is 218 g/mol. The number of amides is 1. The maximum atomic E-state index is 10.9. The van der Waals surface area contributed by atoms with Crippen molar-refractivity contribution < 1.29 is 4.79 Å². The van der Waals surface area contributed by atoms with Gasteiger partial charge < -0.3 is 11.5 Å². The summed E-state index contributed by atoms with van der Waals surface area (Å²) in [5, 5.41) is 12.8. The molecule has 1 amide bonds. The monoisotopic (exact) mass is 227 g/mol. The van der Waals surface area contributed by atoms with Crippen LogP contribution < -0.4 is 11.5 Å². The van der Waals surface area contributed by atoms with Crippen LogP contribution in [0.1, 0.15) is 16.1 Å². The molecule has 17 heavy (non-hydrogen) atoms.